The van der Waals surface area contributed by atoms with Crippen molar-refractivity contribution in [2.45, 2.75) is 19.3 Å². The fourth-order valence-electron chi connectivity index (χ4n) is 10.1. The van der Waals surface area contributed by atoms with Gasteiger partial charge in [0.2, 0.25) is 0 Å². The molecule has 12 rings (SSSR count). The molecule has 1 aliphatic carbocycles. The van der Waals surface area contributed by atoms with Gasteiger partial charge in [-0.1, -0.05) is 220 Å². The van der Waals surface area contributed by atoms with Crippen LogP contribution >= 0.6 is 0 Å². The van der Waals surface area contributed by atoms with Gasteiger partial charge in [0, 0.05) is 22.1 Å². The van der Waals surface area contributed by atoms with Crippen LogP contribution in [0.3, 0.4) is 0 Å². The van der Waals surface area contributed by atoms with Crippen LogP contribution in [0, 0.1) is 0 Å². The van der Waals surface area contributed by atoms with Crippen LogP contribution in [0.4, 0.5) is 0 Å². The van der Waals surface area contributed by atoms with Gasteiger partial charge >= 0.3 is 0 Å². The summed E-state index contributed by atoms with van der Waals surface area (Å²) in [5.41, 5.74) is 17.4. The number of benzene rings is 10. The monoisotopic (exact) mass is 802 g/mol. The zero-order chi connectivity index (χ0) is 42.1. The van der Waals surface area contributed by atoms with Crippen LogP contribution in [-0.2, 0) is 5.41 Å². The number of hydrogen-bond donors (Lipinski definition) is 0. The molecule has 63 heavy (non-hydrogen) atoms. The highest BCUT2D eigenvalue weighted by molar-refractivity contribution is 6.20. The Morgan fingerprint density at radius 2 is 0.841 bits per heavy atom. The van der Waals surface area contributed by atoms with Crippen molar-refractivity contribution in [1.29, 1.82) is 0 Å². The second-order valence-electron chi connectivity index (χ2n) is 17.3. The quantitative estimate of drug-likeness (QED) is 0.124. The van der Waals surface area contributed by atoms with Gasteiger partial charge in [-0.05, 0) is 100 Å². The molecule has 0 amide bonds. The Kier molecular flexibility index (Phi) is 8.55. The maximum absolute atomic E-state index is 5.27. The molecule has 10 aromatic carbocycles. The molecule has 0 N–H and O–H groups in total. The van der Waals surface area contributed by atoms with Gasteiger partial charge in [0.05, 0.1) is 11.4 Å². The molecule has 1 aliphatic rings. The fourth-order valence-corrected chi connectivity index (χ4v) is 10.1. The van der Waals surface area contributed by atoms with E-state index in [4.69, 9.17) is 9.97 Å². The third kappa shape index (κ3) is 6.17. The molecule has 11 aromatic rings. The molecule has 1 heterocycles. The summed E-state index contributed by atoms with van der Waals surface area (Å²) in [6.45, 7) is 4.68. The first kappa shape index (κ1) is 36.9. The zero-order valence-electron chi connectivity index (χ0n) is 35.2. The number of rotatable bonds is 6. The minimum atomic E-state index is -0.0509. The van der Waals surface area contributed by atoms with E-state index in [-0.39, 0.29) is 5.41 Å². The summed E-state index contributed by atoms with van der Waals surface area (Å²) in [5.74, 6) is 0.696. The van der Waals surface area contributed by atoms with Crippen LogP contribution < -0.4 is 0 Å². The average molecular weight is 803 g/mol. The van der Waals surface area contributed by atoms with E-state index in [2.05, 4.69) is 232 Å². The van der Waals surface area contributed by atoms with E-state index in [1.54, 1.807) is 0 Å². The predicted molar refractivity (Wildman–Crippen MR) is 265 cm³/mol. The normalized spacial score (nSPS) is 12.7. The number of fused-ring (bicyclic) bond motifs is 7. The Hall–Kier alpha value is -7.94. The zero-order valence-corrected chi connectivity index (χ0v) is 35.2. The van der Waals surface area contributed by atoms with E-state index in [0.29, 0.717) is 5.82 Å². The summed E-state index contributed by atoms with van der Waals surface area (Å²) >= 11 is 0. The van der Waals surface area contributed by atoms with Gasteiger partial charge < -0.3 is 0 Å². The molecule has 296 valence electrons. The molecular formula is C61H42N2. The minimum absolute atomic E-state index is 0.0509. The highest BCUT2D eigenvalue weighted by atomic mass is 14.9. The van der Waals surface area contributed by atoms with Gasteiger partial charge in [0.25, 0.3) is 0 Å². The van der Waals surface area contributed by atoms with Gasteiger partial charge in [-0.15, -0.1) is 0 Å². The van der Waals surface area contributed by atoms with Gasteiger partial charge in [0.15, 0.2) is 5.82 Å². The van der Waals surface area contributed by atoms with E-state index < -0.39 is 0 Å². The van der Waals surface area contributed by atoms with Crippen molar-refractivity contribution in [3.05, 3.63) is 230 Å². The van der Waals surface area contributed by atoms with Crippen molar-refractivity contribution in [1.82, 2.24) is 9.97 Å². The smallest absolute Gasteiger partial charge is 0.160 e. The maximum Gasteiger partial charge on any atom is 0.160 e. The van der Waals surface area contributed by atoms with Crippen molar-refractivity contribution in [2.24, 2.45) is 0 Å². The third-order valence-corrected chi connectivity index (χ3v) is 13.3. The van der Waals surface area contributed by atoms with Crippen LogP contribution in [0.5, 0.6) is 0 Å². The van der Waals surface area contributed by atoms with Gasteiger partial charge in [-0.3, -0.25) is 0 Å². The molecular weight excluding hydrogens is 761 g/mol. The SMILES string of the molecule is CC1(C)c2ccccc2-c2c(-c3ccc(-c4cc(-c5ccc(-c6c7ccccc7cc7c6ccc6ccccc67)cc5)nc(-c5ccc(-c6ccccc6)cc5)n4)cc3)cccc21. The van der Waals surface area contributed by atoms with Crippen molar-refractivity contribution in [2.75, 3.05) is 0 Å². The lowest BCUT2D eigenvalue weighted by Crippen LogP contribution is -2.14. The van der Waals surface area contributed by atoms with Gasteiger partial charge in [0.1, 0.15) is 0 Å². The molecule has 2 heteroatoms. The van der Waals surface area contributed by atoms with E-state index in [0.717, 1.165) is 33.6 Å². The first-order chi connectivity index (χ1) is 31.0. The Morgan fingerprint density at radius 1 is 0.302 bits per heavy atom. The Morgan fingerprint density at radius 3 is 1.59 bits per heavy atom. The van der Waals surface area contributed by atoms with Crippen LogP contribution in [0.25, 0.3) is 111 Å². The van der Waals surface area contributed by atoms with E-state index in [1.807, 2.05) is 0 Å². The van der Waals surface area contributed by atoms with Gasteiger partial charge in [-0.2, -0.15) is 0 Å². The molecule has 0 atom stereocenters. The fraction of sp³-hybridized carbons (Fsp3) is 0.0492. The van der Waals surface area contributed by atoms with E-state index in [1.165, 1.54) is 82.4 Å². The molecule has 1 aromatic heterocycles. The lowest BCUT2D eigenvalue weighted by Gasteiger charge is -2.21. The highest BCUT2D eigenvalue weighted by Crippen LogP contribution is 2.52. The topological polar surface area (TPSA) is 25.8 Å². The average Bonchev–Trinajstić information content (AvgIpc) is 3.59. The first-order valence-electron chi connectivity index (χ1n) is 21.8. The number of aromatic nitrogens is 2. The summed E-state index contributed by atoms with van der Waals surface area (Å²) in [5, 5.41) is 7.52. The van der Waals surface area contributed by atoms with E-state index >= 15 is 0 Å². The summed E-state index contributed by atoms with van der Waals surface area (Å²) < 4.78 is 0. The van der Waals surface area contributed by atoms with Crippen LogP contribution in [0.2, 0.25) is 0 Å². The summed E-state index contributed by atoms with van der Waals surface area (Å²) in [7, 11) is 0. The van der Waals surface area contributed by atoms with Gasteiger partial charge in [-0.25, -0.2) is 9.97 Å². The first-order valence-corrected chi connectivity index (χ1v) is 21.8. The molecule has 0 aliphatic heterocycles. The van der Waals surface area contributed by atoms with Crippen LogP contribution in [-0.4, -0.2) is 9.97 Å². The number of nitrogens with zero attached hydrogens (tertiary/aromatic N) is 2. The lowest BCUT2D eigenvalue weighted by molar-refractivity contribution is 0.660. The third-order valence-electron chi connectivity index (χ3n) is 13.3. The van der Waals surface area contributed by atoms with Crippen LogP contribution in [0.15, 0.2) is 218 Å². The molecule has 0 radical (unpaired) electrons. The summed E-state index contributed by atoms with van der Waals surface area (Å²) in [6, 6.07) is 79.1. The van der Waals surface area contributed by atoms with Crippen molar-refractivity contribution < 1.29 is 0 Å². The Bertz CT molecular complexity index is 3550. The van der Waals surface area contributed by atoms with Crippen molar-refractivity contribution in [3.8, 4) is 78.4 Å². The lowest BCUT2D eigenvalue weighted by atomic mass is 9.82. The largest absolute Gasteiger partial charge is 0.228 e. The van der Waals surface area contributed by atoms with E-state index in [9.17, 15) is 0 Å². The van der Waals surface area contributed by atoms with Crippen LogP contribution in [0.1, 0.15) is 25.0 Å². The Labute approximate surface area is 367 Å². The maximum atomic E-state index is 5.27. The molecule has 0 saturated heterocycles. The Balaban J connectivity index is 0.966. The number of hydrogen-bond acceptors (Lipinski definition) is 2. The highest BCUT2D eigenvalue weighted by Gasteiger charge is 2.36. The summed E-state index contributed by atoms with van der Waals surface area (Å²) in [4.78, 5) is 10.5. The molecule has 0 bridgehead atoms. The van der Waals surface area contributed by atoms with Crippen molar-refractivity contribution >= 4 is 32.3 Å². The molecule has 2 nitrogen and oxygen atoms in total. The molecule has 0 spiro atoms. The predicted octanol–water partition coefficient (Wildman–Crippen LogP) is 16.2. The standard InChI is InChI=1S/C61H42N2/c1-61(2)54-21-11-10-19-52(54)59-49(20-12-22-55(59)61)42-25-27-43(28-26-42)56-38-57(63-60(62-56)46-33-23-40(24-34-46)39-13-4-3-5-14-39)44-29-31-45(32-30-44)58-50-18-9-7-16-47(50)37-53-48-17-8-6-15-41(48)35-36-51(53)58/h3-38H,1-2H3. The molecule has 0 fully saturated rings. The second kappa shape index (κ2) is 14.6. The second-order valence-corrected chi connectivity index (χ2v) is 17.3. The molecule has 0 saturated carbocycles. The van der Waals surface area contributed by atoms with Crippen molar-refractivity contribution in [3.63, 3.8) is 0 Å². The summed E-state index contributed by atoms with van der Waals surface area (Å²) in [6.07, 6.45) is 0. The minimum Gasteiger partial charge on any atom is -0.228 e. The molecule has 0 unspecified atom stereocenters.